The van der Waals surface area contributed by atoms with Crippen molar-refractivity contribution >= 4 is 0 Å². The predicted octanol–water partition coefficient (Wildman–Crippen LogP) is 1.52. The third kappa shape index (κ3) is 1.42. The number of nitrogens with two attached hydrogens (primary N) is 1. The highest BCUT2D eigenvalue weighted by molar-refractivity contribution is 4.89. The van der Waals surface area contributed by atoms with E-state index in [-0.39, 0.29) is 0 Å². The van der Waals surface area contributed by atoms with Gasteiger partial charge in [-0.2, -0.15) is 0 Å². The number of hydrogen-bond acceptors (Lipinski definition) is 2. The summed E-state index contributed by atoms with van der Waals surface area (Å²) in [5.41, 5.74) is 0.646. The van der Waals surface area contributed by atoms with E-state index < -0.39 is 0 Å². The fourth-order valence-corrected chi connectivity index (χ4v) is 2.78. The molecule has 1 aliphatic heterocycles. The van der Waals surface area contributed by atoms with Crippen molar-refractivity contribution < 1.29 is 0 Å². The number of hydrogen-bond donors (Lipinski definition) is 1. The summed E-state index contributed by atoms with van der Waals surface area (Å²) < 4.78 is 0. The Balaban J connectivity index is 2.00. The lowest BCUT2D eigenvalue weighted by molar-refractivity contribution is 0.0938. The second-order valence-corrected chi connectivity index (χ2v) is 4.28. The third-order valence-electron chi connectivity index (χ3n) is 3.36. The topological polar surface area (TPSA) is 29.3 Å². The van der Waals surface area contributed by atoms with E-state index in [9.17, 15) is 0 Å². The number of hydrazine groups is 1. The minimum atomic E-state index is 0.646. The average molecular weight is 154 g/mol. The van der Waals surface area contributed by atoms with Crippen LogP contribution in [0.3, 0.4) is 0 Å². The van der Waals surface area contributed by atoms with E-state index in [4.69, 9.17) is 5.84 Å². The van der Waals surface area contributed by atoms with E-state index in [1.807, 2.05) is 5.01 Å². The first-order chi connectivity index (χ1) is 5.31. The maximum Gasteiger partial charge on any atom is 0.0185 e. The molecule has 0 aromatic rings. The highest BCUT2D eigenvalue weighted by atomic mass is 15.4. The van der Waals surface area contributed by atoms with Crippen LogP contribution in [-0.2, 0) is 0 Å². The van der Waals surface area contributed by atoms with E-state index >= 15 is 0 Å². The van der Waals surface area contributed by atoms with Crippen molar-refractivity contribution in [1.82, 2.24) is 5.01 Å². The van der Waals surface area contributed by atoms with Gasteiger partial charge in [-0.05, 0) is 31.1 Å². The van der Waals surface area contributed by atoms with Gasteiger partial charge in [0.2, 0.25) is 0 Å². The van der Waals surface area contributed by atoms with E-state index in [1.165, 1.54) is 38.5 Å². The largest absolute Gasteiger partial charge is 0.269 e. The molecule has 0 radical (unpaired) electrons. The average Bonchev–Trinajstić information content (AvgIpc) is 2.37. The fraction of sp³-hybridized carbons (Fsp3) is 1.00. The molecule has 11 heavy (non-hydrogen) atoms. The van der Waals surface area contributed by atoms with Crippen molar-refractivity contribution in [2.75, 3.05) is 13.1 Å². The Labute approximate surface area is 68.7 Å². The van der Waals surface area contributed by atoms with Gasteiger partial charge in [-0.3, -0.25) is 5.84 Å². The monoisotopic (exact) mass is 154 g/mol. The zero-order chi connectivity index (χ0) is 7.73. The SMILES string of the molecule is NN1CCCC2(CCCC2)C1. The standard InChI is InChI=1S/C9H18N2/c10-11-7-3-6-9(8-11)4-1-2-5-9/h1-8,10H2. The van der Waals surface area contributed by atoms with Crippen LogP contribution in [-0.4, -0.2) is 18.1 Å². The molecule has 1 saturated carbocycles. The minimum Gasteiger partial charge on any atom is -0.269 e. The van der Waals surface area contributed by atoms with Gasteiger partial charge in [-0.1, -0.05) is 12.8 Å². The summed E-state index contributed by atoms with van der Waals surface area (Å²) in [4.78, 5) is 0. The normalized spacial score (nSPS) is 31.4. The molecular formula is C9H18N2. The van der Waals surface area contributed by atoms with Crippen LogP contribution in [0.1, 0.15) is 38.5 Å². The van der Waals surface area contributed by atoms with Crippen LogP contribution in [0.4, 0.5) is 0 Å². The summed E-state index contributed by atoms with van der Waals surface area (Å²) in [5.74, 6) is 5.82. The molecule has 0 bridgehead atoms. The van der Waals surface area contributed by atoms with Gasteiger partial charge in [-0.25, -0.2) is 5.01 Å². The van der Waals surface area contributed by atoms with Gasteiger partial charge in [0.25, 0.3) is 0 Å². The molecule has 2 rings (SSSR count). The molecular weight excluding hydrogens is 136 g/mol. The maximum atomic E-state index is 5.82. The summed E-state index contributed by atoms with van der Waals surface area (Å²) in [6.45, 7) is 2.27. The summed E-state index contributed by atoms with van der Waals surface area (Å²) in [5, 5.41) is 2.02. The number of rotatable bonds is 0. The van der Waals surface area contributed by atoms with Crippen LogP contribution in [0.15, 0.2) is 0 Å². The lowest BCUT2D eigenvalue weighted by atomic mass is 9.79. The molecule has 2 aliphatic rings. The Bertz CT molecular complexity index is 138. The van der Waals surface area contributed by atoms with E-state index in [0.717, 1.165) is 13.1 Å². The molecule has 2 heteroatoms. The molecule has 64 valence electrons. The number of nitrogens with zero attached hydrogens (tertiary/aromatic N) is 1. The summed E-state index contributed by atoms with van der Waals surface area (Å²) in [6, 6.07) is 0. The molecule has 2 fully saturated rings. The van der Waals surface area contributed by atoms with Gasteiger partial charge in [0.1, 0.15) is 0 Å². The van der Waals surface area contributed by atoms with Gasteiger partial charge < -0.3 is 0 Å². The van der Waals surface area contributed by atoms with Crippen LogP contribution in [0.25, 0.3) is 0 Å². The van der Waals surface area contributed by atoms with Gasteiger partial charge in [0.15, 0.2) is 0 Å². The molecule has 0 atom stereocenters. The molecule has 0 aromatic heterocycles. The lowest BCUT2D eigenvalue weighted by Crippen LogP contribution is -2.45. The Morgan fingerprint density at radius 2 is 1.64 bits per heavy atom. The molecule has 1 saturated heterocycles. The molecule has 1 spiro atoms. The van der Waals surface area contributed by atoms with Crippen LogP contribution >= 0.6 is 0 Å². The zero-order valence-corrected chi connectivity index (χ0v) is 7.18. The van der Waals surface area contributed by atoms with Crippen molar-refractivity contribution in [3.63, 3.8) is 0 Å². The van der Waals surface area contributed by atoms with Gasteiger partial charge in [0.05, 0.1) is 0 Å². The Hall–Kier alpha value is -0.0800. The summed E-state index contributed by atoms with van der Waals surface area (Å²) >= 11 is 0. The van der Waals surface area contributed by atoms with Crippen molar-refractivity contribution in [2.45, 2.75) is 38.5 Å². The first kappa shape index (κ1) is 7.56. The van der Waals surface area contributed by atoms with E-state index in [1.54, 1.807) is 0 Å². The van der Waals surface area contributed by atoms with E-state index in [0.29, 0.717) is 5.41 Å². The van der Waals surface area contributed by atoms with Gasteiger partial charge in [0, 0.05) is 13.1 Å². The summed E-state index contributed by atoms with van der Waals surface area (Å²) in [7, 11) is 0. The molecule has 2 N–H and O–H groups in total. The Kier molecular flexibility index (Phi) is 1.90. The molecule has 0 aromatic carbocycles. The van der Waals surface area contributed by atoms with Gasteiger partial charge in [-0.15, -0.1) is 0 Å². The van der Waals surface area contributed by atoms with Crippen molar-refractivity contribution in [1.29, 1.82) is 0 Å². The number of piperidine rings is 1. The highest BCUT2D eigenvalue weighted by Gasteiger charge is 2.36. The smallest absolute Gasteiger partial charge is 0.0185 e. The first-order valence-corrected chi connectivity index (χ1v) is 4.80. The van der Waals surface area contributed by atoms with Crippen LogP contribution in [0, 0.1) is 5.41 Å². The van der Waals surface area contributed by atoms with Crippen molar-refractivity contribution in [3.05, 3.63) is 0 Å². The Morgan fingerprint density at radius 1 is 1.00 bits per heavy atom. The van der Waals surface area contributed by atoms with Crippen LogP contribution < -0.4 is 5.84 Å². The maximum absolute atomic E-state index is 5.82. The van der Waals surface area contributed by atoms with Gasteiger partial charge >= 0.3 is 0 Å². The lowest BCUT2D eigenvalue weighted by Gasteiger charge is -2.38. The van der Waals surface area contributed by atoms with Crippen LogP contribution in [0.5, 0.6) is 0 Å². The molecule has 1 heterocycles. The quantitative estimate of drug-likeness (QED) is 0.536. The second kappa shape index (κ2) is 2.76. The zero-order valence-electron chi connectivity index (χ0n) is 7.18. The molecule has 0 amide bonds. The Morgan fingerprint density at radius 3 is 2.27 bits per heavy atom. The molecule has 1 aliphatic carbocycles. The fourth-order valence-electron chi connectivity index (χ4n) is 2.78. The summed E-state index contributed by atoms with van der Waals surface area (Å²) in [6.07, 6.45) is 8.49. The van der Waals surface area contributed by atoms with Crippen LogP contribution in [0.2, 0.25) is 0 Å². The minimum absolute atomic E-state index is 0.646. The predicted molar refractivity (Wildman–Crippen MR) is 45.9 cm³/mol. The molecule has 0 unspecified atom stereocenters. The highest BCUT2D eigenvalue weighted by Crippen LogP contribution is 2.43. The molecule has 2 nitrogen and oxygen atoms in total. The second-order valence-electron chi connectivity index (χ2n) is 4.28. The van der Waals surface area contributed by atoms with Crippen molar-refractivity contribution in [2.24, 2.45) is 11.3 Å². The first-order valence-electron chi connectivity index (χ1n) is 4.80. The van der Waals surface area contributed by atoms with E-state index in [2.05, 4.69) is 0 Å². The van der Waals surface area contributed by atoms with Crippen molar-refractivity contribution in [3.8, 4) is 0 Å². The third-order valence-corrected chi connectivity index (χ3v) is 3.36.